The predicted molar refractivity (Wildman–Crippen MR) is 98.0 cm³/mol. The number of aromatic nitrogens is 1. The number of carbonyl (C=O) groups is 1. The lowest BCUT2D eigenvalue weighted by molar-refractivity contribution is 0.0735. The summed E-state index contributed by atoms with van der Waals surface area (Å²) in [7, 11) is 3.68. The second-order valence-electron chi connectivity index (χ2n) is 7.13. The number of hydrogen-bond donors (Lipinski definition) is 0. The zero-order chi connectivity index (χ0) is 17.4. The molecule has 4 heteroatoms. The largest absolute Gasteiger partial charge is 0.497 e. The minimum atomic E-state index is 0.215. The van der Waals surface area contributed by atoms with Gasteiger partial charge < -0.3 is 9.30 Å². The Morgan fingerprint density at radius 3 is 2.54 bits per heavy atom. The van der Waals surface area contributed by atoms with Gasteiger partial charge in [-0.15, -0.1) is 0 Å². The average molecular weight is 328 g/mol. The van der Waals surface area contributed by atoms with Crippen LogP contribution in [0.25, 0.3) is 10.9 Å². The maximum atomic E-state index is 13.2. The topological polar surface area (TPSA) is 34.5 Å². The summed E-state index contributed by atoms with van der Waals surface area (Å²) in [6.45, 7) is 7.01. The molecule has 2 atom stereocenters. The first kappa shape index (κ1) is 17.0. The van der Waals surface area contributed by atoms with E-state index < -0.39 is 0 Å². The Morgan fingerprint density at radius 1 is 1.25 bits per heavy atom. The van der Waals surface area contributed by atoms with Crippen LogP contribution in [-0.2, 0) is 7.05 Å². The fraction of sp³-hybridized carbons (Fsp3) is 0.550. The molecule has 0 spiro atoms. The first-order chi connectivity index (χ1) is 11.4. The van der Waals surface area contributed by atoms with Crippen LogP contribution in [0.3, 0.4) is 0 Å². The highest BCUT2D eigenvalue weighted by atomic mass is 16.5. The molecule has 1 aliphatic rings. The Bertz CT molecular complexity index is 753. The molecule has 1 aromatic carbocycles. The van der Waals surface area contributed by atoms with Crippen molar-refractivity contribution in [3.05, 3.63) is 29.5 Å². The number of ketones is 1. The number of carbonyl (C=O) groups excluding carboxylic acids is 1. The number of likely N-dealkylation sites (tertiary alicyclic amines) is 1. The summed E-state index contributed by atoms with van der Waals surface area (Å²) in [4.78, 5) is 15.5. The Morgan fingerprint density at radius 2 is 1.92 bits per heavy atom. The maximum absolute atomic E-state index is 13.2. The summed E-state index contributed by atoms with van der Waals surface area (Å²) in [6, 6.07) is 6.91. The fourth-order valence-corrected chi connectivity index (χ4v) is 4.06. The molecule has 1 saturated heterocycles. The molecule has 1 aliphatic heterocycles. The molecule has 0 N–H and O–H groups in total. The van der Waals surface area contributed by atoms with Crippen molar-refractivity contribution in [2.45, 2.75) is 52.1 Å². The number of aryl methyl sites for hydroxylation is 1. The summed E-state index contributed by atoms with van der Waals surface area (Å²) in [5, 5.41) is 0.997. The lowest BCUT2D eigenvalue weighted by Gasteiger charge is -2.38. The van der Waals surface area contributed by atoms with Gasteiger partial charge in [0.1, 0.15) is 5.75 Å². The van der Waals surface area contributed by atoms with E-state index in [1.807, 2.05) is 32.2 Å². The van der Waals surface area contributed by atoms with Gasteiger partial charge in [-0.1, -0.05) is 6.42 Å². The van der Waals surface area contributed by atoms with E-state index in [4.69, 9.17) is 4.74 Å². The summed E-state index contributed by atoms with van der Waals surface area (Å²) < 4.78 is 7.46. The van der Waals surface area contributed by atoms with Crippen LogP contribution in [0.2, 0.25) is 0 Å². The third-order valence-electron chi connectivity index (χ3n) is 5.68. The highest BCUT2D eigenvalue weighted by Crippen LogP contribution is 2.30. The maximum Gasteiger partial charge on any atom is 0.179 e. The van der Waals surface area contributed by atoms with Crippen LogP contribution < -0.4 is 4.74 Å². The first-order valence-corrected chi connectivity index (χ1v) is 8.86. The second-order valence-corrected chi connectivity index (χ2v) is 7.13. The molecule has 0 radical (unpaired) electrons. The quantitative estimate of drug-likeness (QED) is 0.797. The average Bonchev–Trinajstić information content (AvgIpc) is 2.81. The molecule has 1 aromatic heterocycles. The Hall–Kier alpha value is -1.81. The minimum absolute atomic E-state index is 0.215. The zero-order valence-electron chi connectivity index (χ0n) is 15.4. The fourth-order valence-electron chi connectivity index (χ4n) is 4.06. The van der Waals surface area contributed by atoms with Crippen LogP contribution in [0.4, 0.5) is 0 Å². The van der Waals surface area contributed by atoms with Crippen molar-refractivity contribution < 1.29 is 9.53 Å². The van der Waals surface area contributed by atoms with E-state index in [1.165, 1.54) is 19.3 Å². The summed E-state index contributed by atoms with van der Waals surface area (Å²) in [6.07, 6.45) is 3.62. The van der Waals surface area contributed by atoms with Crippen LogP contribution >= 0.6 is 0 Å². The summed E-state index contributed by atoms with van der Waals surface area (Å²) >= 11 is 0. The Kier molecular flexibility index (Phi) is 4.68. The molecule has 24 heavy (non-hydrogen) atoms. The number of fused-ring (bicyclic) bond motifs is 1. The van der Waals surface area contributed by atoms with Crippen molar-refractivity contribution in [2.24, 2.45) is 7.05 Å². The van der Waals surface area contributed by atoms with E-state index >= 15 is 0 Å². The van der Waals surface area contributed by atoms with Gasteiger partial charge in [-0.25, -0.2) is 0 Å². The van der Waals surface area contributed by atoms with E-state index in [0.717, 1.165) is 27.9 Å². The van der Waals surface area contributed by atoms with Crippen LogP contribution in [-0.4, -0.2) is 41.0 Å². The monoisotopic (exact) mass is 328 g/mol. The smallest absolute Gasteiger partial charge is 0.179 e. The molecule has 3 rings (SSSR count). The van der Waals surface area contributed by atoms with Crippen molar-refractivity contribution in [1.29, 1.82) is 0 Å². The Labute approximate surface area is 144 Å². The standard InChI is InChI=1S/C20H28N2O2/c1-13-7-6-8-14(2)22(13)12-19(23)20-15(3)21(4)18-10-9-16(24-5)11-17(18)20/h9-11,13-14H,6-8,12H2,1-5H3. The number of methoxy groups -OCH3 is 1. The predicted octanol–water partition coefficient (Wildman–Crippen LogP) is 3.94. The van der Waals surface area contributed by atoms with Crippen molar-refractivity contribution in [1.82, 2.24) is 9.47 Å². The van der Waals surface area contributed by atoms with Gasteiger partial charge in [-0.3, -0.25) is 9.69 Å². The number of nitrogens with zero attached hydrogens (tertiary/aromatic N) is 2. The number of hydrogen-bond acceptors (Lipinski definition) is 3. The second kappa shape index (κ2) is 6.60. The number of Topliss-reactive ketones (excluding diaryl/α,β-unsaturated/α-hetero) is 1. The lowest BCUT2D eigenvalue weighted by Crippen LogP contribution is -2.46. The molecule has 0 bridgehead atoms. The van der Waals surface area contributed by atoms with Crippen LogP contribution in [0.15, 0.2) is 18.2 Å². The molecular weight excluding hydrogens is 300 g/mol. The number of rotatable bonds is 4. The molecule has 2 unspecified atom stereocenters. The first-order valence-electron chi connectivity index (χ1n) is 8.86. The molecule has 1 fully saturated rings. The van der Waals surface area contributed by atoms with E-state index in [0.29, 0.717) is 18.6 Å². The molecule has 4 nitrogen and oxygen atoms in total. The minimum Gasteiger partial charge on any atom is -0.497 e. The van der Waals surface area contributed by atoms with Gasteiger partial charge in [0.2, 0.25) is 0 Å². The van der Waals surface area contributed by atoms with Gasteiger partial charge in [0, 0.05) is 41.3 Å². The molecule has 2 heterocycles. The lowest BCUT2D eigenvalue weighted by atomic mass is 9.96. The number of piperidine rings is 1. The van der Waals surface area contributed by atoms with Gasteiger partial charge >= 0.3 is 0 Å². The van der Waals surface area contributed by atoms with E-state index in [-0.39, 0.29) is 5.78 Å². The van der Waals surface area contributed by atoms with E-state index in [1.54, 1.807) is 7.11 Å². The molecule has 2 aromatic rings. The normalized spacial score (nSPS) is 22.0. The van der Waals surface area contributed by atoms with Crippen LogP contribution in [0.1, 0.15) is 49.2 Å². The van der Waals surface area contributed by atoms with Gasteiger partial charge in [-0.2, -0.15) is 0 Å². The molecule has 0 aliphatic carbocycles. The molecular formula is C20H28N2O2. The van der Waals surface area contributed by atoms with Crippen molar-refractivity contribution in [3.63, 3.8) is 0 Å². The summed E-state index contributed by atoms with van der Waals surface area (Å²) in [5.41, 5.74) is 2.95. The van der Waals surface area contributed by atoms with E-state index in [9.17, 15) is 4.79 Å². The Balaban J connectivity index is 1.98. The summed E-state index contributed by atoms with van der Waals surface area (Å²) in [5.74, 6) is 1.01. The van der Waals surface area contributed by atoms with Gasteiger partial charge in [0.25, 0.3) is 0 Å². The molecule has 0 amide bonds. The highest BCUT2D eigenvalue weighted by Gasteiger charge is 2.28. The number of ether oxygens (including phenoxy) is 1. The third-order valence-corrected chi connectivity index (χ3v) is 5.68. The molecule has 130 valence electrons. The van der Waals surface area contributed by atoms with Gasteiger partial charge in [0.15, 0.2) is 5.78 Å². The molecule has 0 saturated carbocycles. The zero-order valence-corrected chi connectivity index (χ0v) is 15.4. The van der Waals surface area contributed by atoms with Crippen molar-refractivity contribution in [2.75, 3.05) is 13.7 Å². The van der Waals surface area contributed by atoms with E-state index in [2.05, 4.69) is 23.3 Å². The number of benzene rings is 1. The van der Waals surface area contributed by atoms with Crippen molar-refractivity contribution >= 4 is 16.7 Å². The SMILES string of the molecule is COc1ccc2c(c1)c(C(=O)CN1C(C)CCCC1C)c(C)n2C. The van der Waals surface area contributed by atoms with Crippen LogP contribution in [0, 0.1) is 6.92 Å². The van der Waals surface area contributed by atoms with Crippen molar-refractivity contribution in [3.8, 4) is 5.75 Å². The third kappa shape index (κ3) is 2.84. The van der Waals surface area contributed by atoms with Gasteiger partial charge in [0.05, 0.1) is 13.7 Å². The van der Waals surface area contributed by atoms with Gasteiger partial charge in [-0.05, 0) is 51.8 Å². The highest BCUT2D eigenvalue weighted by molar-refractivity contribution is 6.10. The van der Waals surface area contributed by atoms with Crippen LogP contribution in [0.5, 0.6) is 5.75 Å².